The Morgan fingerprint density at radius 2 is 1.96 bits per heavy atom. The van der Waals surface area contributed by atoms with Crippen molar-refractivity contribution in [1.82, 2.24) is 4.90 Å². The molecule has 0 saturated carbocycles. The van der Waals surface area contributed by atoms with Gasteiger partial charge in [0.2, 0.25) is 11.8 Å². The van der Waals surface area contributed by atoms with Gasteiger partial charge in [-0.1, -0.05) is 11.6 Å². The van der Waals surface area contributed by atoms with Crippen molar-refractivity contribution in [2.45, 2.75) is 39.7 Å². The van der Waals surface area contributed by atoms with E-state index in [9.17, 15) is 9.59 Å². The van der Waals surface area contributed by atoms with Crippen LogP contribution in [-0.4, -0.2) is 42.5 Å². The van der Waals surface area contributed by atoms with Crippen LogP contribution in [0.1, 0.15) is 33.6 Å². The molecule has 1 aromatic rings. The van der Waals surface area contributed by atoms with Crippen LogP contribution in [0.25, 0.3) is 0 Å². The second kappa shape index (κ2) is 7.30. The van der Waals surface area contributed by atoms with Crippen molar-refractivity contribution in [3.63, 3.8) is 0 Å². The van der Waals surface area contributed by atoms with Gasteiger partial charge in [0.25, 0.3) is 0 Å². The van der Waals surface area contributed by atoms with Gasteiger partial charge >= 0.3 is 0 Å². The molecule has 0 spiro atoms. The van der Waals surface area contributed by atoms with E-state index in [0.29, 0.717) is 19.5 Å². The molecular weight excluding hydrogens is 316 g/mol. The van der Waals surface area contributed by atoms with Gasteiger partial charge in [0.05, 0.1) is 12.0 Å². The summed E-state index contributed by atoms with van der Waals surface area (Å²) in [5.41, 5.74) is 2.16. The smallest absolute Gasteiger partial charge is 0.228 e. The van der Waals surface area contributed by atoms with Gasteiger partial charge in [-0.25, -0.2) is 0 Å². The van der Waals surface area contributed by atoms with E-state index in [-0.39, 0.29) is 23.8 Å². The van der Waals surface area contributed by atoms with Gasteiger partial charge in [-0.15, -0.1) is 0 Å². The van der Waals surface area contributed by atoms with Crippen LogP contribution in [0.4, 0.5) is 5.69 Å². The fourth-order valence-electron chi connectivity index (χ4n) is 3.33. The quantitative estimate of drug-likeness (QED) is 0.791. The Morgan fingerprint density at radius 3 is 2.56 bits per heavy atom. The maximum Gasteiger partial charge on any atom is 0.228 e. The summed E-state index contributed by atoms with van der Waals surface area (Å²) in [7, 11) is 0. The van der Waals surface area contributed by atoms with Crippen LogP contribution in [0.5, 0.6) is 5.75 Å². The van der Waals surface area contributed by atoms with E-state index < -0.39 is 0 Å². The SMILES string of the molecule is CC1=CCN(C(=O)C2CC(=O)N(c3ccc(OC(C)C)cc3)C2)CC1. The lowest BCUT2D eigenvalue weighted by Crippen LogP contribution is -2.39. The fourth-order valence-corrected chi connectivity index (χ4v) is 3.33. The van der Waals surface area contributed by atoms with Crippen LogP contribution in [0, 0.1) is 5.92 Å². The molecule has 1 unspecified atom stereocenters. The average molecular weight is 342 g/mol. The van der Waals surface area contributed by atoms with Gasteiger partial charge in [0, 0.05) is 31.7 Å². The highest BCUT2D eigenvalue weighted by atomic mass is 16.5. The Morgan fingerprint density at radius 1 is 1.24 bits per heavy atom. The van der Waals surface area contributed by atoms with Crippen LogP contribution < -0.4 is 9.64 Å². The Labute approximate surface area is 149 Å². The van der Waals surface area contributed by atoms with E-state index in [1.54, 1.807) is 4.90 Å². The van der Waals surface area contributed by atoms with Gasteiger partial charge in [0.1, 0.15) is 5.75 Å². The topological polar surface area (TPSA) is 49.9 Å². The van der Waals surface area contributed by atoms with Gasteiger partial charge in [-0.3, -0.25) is 9.59 Å². The molecule has 5 heteroatoms. The lowest BCUT2D eigenvalue weighted by Gasteiger charge is -2.28. The minimum Gasteiger partial charge on any atom is -0.491 e. The van der Waals surface area contributed by atoms with E-state index in [0.717, 1.165) is 24.4 Å². The molecule has 0 aliphatic carbocycles. The standard InChI is InChI=1S/C20H26N2O3/c1-14(2)25-18-6-4-17(5-7-18)22-13-16(12-19(22)23)20(24)21-10-8-15(3)9-11-21/h4-8,14,16H,9-13H2,1-3H3. The molecule has 1 atom stereocenters. The van der Waals surface area contributed by atoms with E-state index in [4.69, 9.17) is 4.74 Å². The summed E-state index contributed by atoms with van der Waals surface area (Å²) in [4.78, 5) is 28.7. The molecule has 5 nitrogen and oxygen atoms in total. The molecule has 0 N–H and O–H groups in total. The largest absolute Gasteiger partial charge is 0.491 e. The van der Waals surface area contributed by atoms with Gasteiger partial charge < -0.3 is 14.5 Å². The zero-order chi connectivity index (χ0) is 18.0. The highest BCUT2D eigenvalue weighted by molar-refractivity contribution is 6.00. The molecule has 0 radical (unpaired) electrons. The highest BCUT2D eigenvalue weighted by Gasteiger charge is 2.37. The summed E-state index contributed by atoms with van der Waals surface area (Å²) in [5, 5.41) is 0. The summed E-state index contributed by atoms with van der Waals surface area (Å²) in [6.07, 6.45) is 3.43. The van der Waals surface area contributed by atoms with E-state index >= 15 is 0 Å². The molecule has 25 heavy (non-hydrogen) atoms. The summed E-state index contributed by atoms with van der Waals surface area (Å²) in [5.74, 6) is 0.651. The molecule has 2 amide bonds. The van der Waals surface area contributed by atoms with Crippen LogP contribution in [0.3, 0.4) is 0 Å². The lowest BCUT2D eigenvalue weighted by molar-refractivity contribution is -0.135. The van der Waals surface area contributed by atoms with Crippen molar-refractivity contribution in [2.24, 2.45) is 5.92 Å². The average Bonchev–Trinajstić information content (AvgIpc) is 2.97. The van der Waals surface area contributed by atoms with Crippen LogP contribution in [0.15, 0.2) is 35.9 Å². The Kier molecular flexibility index (Phi) is 5.11. The van der Waals surface area contributed by atoms with Crippen molar-refractivity contribution in [1.29, 1.82) is 0 Å². The number of carbonyl (C=O) groups is 2. The number of ether oxygens (including phenoxy) is 1. The Balaban J connectivity index is 1.65. The molecule has 0 bridgehead atoms. The molecule has 0 aromatic heterocycles. The van der Waals surface area contributed by atoms with Gasteiger partial charge in [-0.05, 0) is 51.5 Å². The van der Waals surface area contributed by atoms with Gasteiger partial charge in [-0.2, -0.15) is 0 Å². The van der Waals surface area contributed by atoms with E-state index in [2.05, 4.69) is 13.0 Å². The summed E-state index contributed by atoms with van der Waals surface area (Å²) < 4.78 is 5.64. The molecule has 1 aromatic carbocycles. The molecule has 2 aliphatic heterocycles. The van der Waals surface area contributed by atoms with Crippen LogP contribution in [-0.2, 0) is 9.59 Å². The third-order valence-corrected chi connectivity index (χ3v) is 4.74. The molecule has 2 aliphatic rings. The molecule has 3 rings (SSSR count). The monoisotopic (exact) mass is 342 g/mol. The normalized spacial score (nSPS) is 20.9. The zero-order valence-electron chi connectivity index (χ0n) is 15.2. The Bertz CT molecular complexity index is 679. The minimum absolute atomic E-state index is 0.0135. The lowest BCUT2D eigenvalue weighted by atomic mass is 10.0. The van der Waals surface area contributed by atoms with Crippen molar-refractivity contribution >= 4 is 17.5 Å². The summed E-state index contributed by atoms with van der Waals surface area (Å²) >= 11 is 0. The first-order valence-electron chi connectivity index (χ1n) is 8.95. The van der Waals surface area contributed by atoms with Crippen LogP contribution >= 0.6 is 0 Å². The first-order chi connectivity index (χ1) is 11.9. The van der Waals surface area contributed by atoms with Crippen molar-refractivity contribution in [3.05, 3.63) is 35.9 Å². The van der Waals surface area contributed by atoms with Gasteiger partial charge in [0.15, 0.2) is 0 Å². The maximum absolute atomic E-state index is 12.7. The van der Waals surface area contributed by atoms with E-state index in [1.807, 2.05) is 43.0 Å². The highest BCUT2D eigenvalue weighted by Crippen LogP contribution is 2.28. The second-order valence-electron chi connectivity index (χ2n) is 7.15. The molecule has 1 saturated heterocycles. The predicted molar refractivity (Wildman–Crippen MR) is 97.6 cm³/mol. The zero-order valence-corrected chi connectivity index (χ0v) is 15.2. The van der Waals surface area contributed by atoms with E-state index in [1.165, 1.54) is 5.57 Å². The predicted octanol–water partition coefficient (Wildman–Crippen LogP) is 3.01. The minimum atomic E-state index is -0.245. The number of benzene rings is 1. The molecule has 134 valence electrons. The maximum atomic E-state index is 12.7. The molecular formula is C20H26N2O3. The number of rotatable bonds is 4. The van der Waals surface area contributed by atoms with Crippen molar-refractivity contribution in [3.8, 4) is 5.75 Å². The van der Waals surface area contributed by atoms with Crippen LogP contribution in [0.2, 0.25) is 0 Å². The molecule has 2 heterocycles. The number of hydrogen-bond donors (Lipinski definition) is 0. The number of nitrogens with zero attached hydrogens (tertiary/aromatic N) is 2. The number of hydrogen-bond acceptors (Lipinski definition) is 3. The number of carbonyl (C=O) groups excluding carboxylic acids is 2. The number of anilines is 1. The Hall–Kier alpha value is -2.30. The summed E-state index contributed by atoms with van der Waals surface area (Å²) in [6.45, 7) is 7.93. The first-order valence-corrected chi connectivity index (χ1v) is 8.95. The fraction of sp³-hybridized carbons (Fsp3) is 0.500. The van der Waals surface area contributed by atoms with Crippen molar-refractivity contribution < 1.29 is 14.3 Å². The second-order valence-corrected chi connectivity index (χ2v) is 7.15. The van der Waals surface area contributed by atoms with Crippen molar-refractivity contribution in [2.75, 3.05) is 24.5 Å². The first kappa shape index (κ1) is 17.5. The third-order valence-electron chi connectivity index (χ3n) is 4.74. The molecule has 1 fully saturated rings. The summed E-state index contributed by atoms with van der Waals surface area (Å²) in [6, 6.07) is 7.51. The third kappa shape index (κ3) is 4.03. The number of amides is 2.